The summed E-state index contributed by atoms with van der Waals surface area (Å²) in [7, 11) is 0. The Labute approximate surface area is 159 Å². The Morgan fingerprint density at radius 2 is 2.29 bits per heavy atom. The first kappa shape index (κ1) is 18.3. The van der Waals surface area contributed by atoms with Crippen LogP contribution in [0.25, 0.3) is 16.7 Å². The minimum absolute atomic E-state index is 0.0283. The number of amides is 1. The van der Waals surface area contributed by atoms with Crippen molar-refractivity contribution in [1.82, 2.24) is 19.3 Å². The molecule has 9 heteroatoms. The van der Waals surface area contributed by atoms with E-state index in [0.717, 1.165) is 12.8 Å². The number of aliphatic hydroxyl groups is 1. The van der Waals surface area contributed by atoms with Gasteiger partial charge in [-0.2, -0.15) is 0 Å². The lowest BCUT2D eigenvalue weighted by atomic mass is 10.2. The molecule has 1 saturated heterocycles. The van der Waals surface area contributed by atoms with E-state index >= 15 is 0 Å². The monoisotopic (exact) mass is 383 g/mol. The highest BCUT2D eigenvalue weighted by atomic mass is 16.5. The lowest BCUT2D eigenvalue weighted by molar-refractivity contribution is 0.0855. The van der Waals surface area contributed by atoms with Gasteiger partial charge in [0.25, 0.3) is 11.5 Å². The summed E-state index contributed by atoms with van der Waals surface area (Å²) < 4.78 is 8.29. The number of carbonyl (C=O) groups is 1. The van der Waals surface area contributed by atoms with Gasteiger partial charge in [-0.3, -0.25) is 19.4 Å². The molecule has 3 aromatic heterocycles. The van der Waals surface area contributed by atoms with Crippen molar-refractivity contribution in [3.63, 3.8) is 0 Å². The van der Waals surface area contributed by atoms with Crippen LogP contribution in [0.3, 0.4) is 0 Å². The molecule has 146 valence electrons. The quantitative estimate of drug-likeness (QED) is 0.537. The van der Waals surface area contributed by atoms with Gasteiger partial charge in [-0.25, -0.2) is 4.98 Å². The molecule has 0 radical (unpaired) electrons. The molecule has 9 nitrogen and oxygen atoms in total. The molecule has 0 unspecified atom stereocenters. The summed E-state index contributed by atoms with van der Waals surface area (Å²) in [5, 5.41) is 20.9. The third-order valence-electron chi connectivity index (χ3n) is 4.90. The van der Waals surface area contributed by atoms with E-state index in [0.29, 0.717) is 18.8 Å². The maximum Gasteiger partial charge on any atom is 0.267 e. The van der Waals surface area contributed by atoms with Gasteiger partial charge in [0.2, 0.25) is 0 Å². The third kappa shape index (κ3) is 3.19. The highest BCUT2D eigenvalue weighted by molar-refractivity contribution is 5.96. The summed E-state index contributed by atoms with van der Waals surface area (Å²) in [6.07, 6.45) is 3.42. The minimum atomic E-state index is -0.452. The lowest BCUT2D eigenvalue weighted by Crippen LogP contribution is -2.38. The van der Waals surface area contributed by atoms with Gasteiger partial charge in [-0.05, 0) is 31.0 Å². The predicted octanol–water partition coefficient (Wildman–Crippen LogP) is 0.0298. The number of hydrogen-bond acceptors (Lipinski definition) is 6. The molecule has 28 heavy (non-hydrogen) atoms. The first-order valence-corrected chi connectivity index (χ1v) is 9.20. The Kier molecular flexibility index (Phi) is 4.93. The van der Waals surface area contributed by atoms with Gasteiger partial charge in [0.05, 0.1) is 23.7 Å². The first-order chi connectivity index (χ1) is 13.6. The summed E-state index contributed by atoms with van der Waals surface area (Å²) in [5.74, 6) is -0.452. The Hall–Kier alpha value is -3.04. The zero-order valence-corrected chi connectivity index (χ0v) is 15.2. The number of rotatable bonds is 5. The summed E-state index contributed by atoms with van der Waals surface area (Å²) in [6, 6.07) is 6.58. The largest absolute Gasteiger partial charge is 0.395 e. The van der Waals surface area contributed by atoms with Gasteiger partial charge in [0.15, 0.2) is 0 Å². The maximum absolute atomic E-state index is 12.9. The molecule has 4 heterocycles. The molecular weight excluding hydrogens is 362 g/mol. The second-order valence-corrected chi connectivity index (χ2v) is 6.71. The van der Waals surface area contributed by atoms with Crippen molar-refractivity contribution in [3.8, 4) is 0 Å². The van der Waals surface area contributed by atoms with Gasteiger partial charge in [0.1, 0.15) is 16.8 Å². The Morgan fingerprint density at radius 3 is 3.04 bits per heavy atom. The average Bonchev–Trinajstić information content (AvgIpc) is 3.22. The molecule has 0 bridgehead atoms. The second-order valence-electron chi connectivity index (χ2n) is 6.71. The number of nitrogens with zero attached hydrogens (tertiary/aromatic N) is 3. The van der Waals surface area contributed by atoms with Gasteiger partial charge < -0.3 is 19.7 Å². The summed E-state index contributed by atoms with van der Waals surface area (Å²) in [5.41, 5.74) is 0.334. The van der Waals surface area contributed by atoms with Crippen LogP contribution >= 0.6 is 0 Å². The van der Waals surface area contributed by atoms with Crippen LogP contribution in [0.2, 0.25) is 0 Å². The van der Waals surface area contributed by atoms with Crippen LogP contribution in [0.4, 0.5) is 0 Å². The van der Waals surface area contributed by atoms with E-state index in [9.17, 15) is 14.7 Å². The molecule has 4 rings (SSSR count). The molecule has 1 aliphatic heterocycles. The SMILES string of the molecule is N=c1c(C(=O)NC[C@H]2CCCO2)cc2c(=O)n3ccccc3nc2n1CCO. The van der Waals surface area contributed by atoms with E-state index in [1.807, 2.05) is 0 Å². The van der Waals surface area contributed by atoms with E-state index in [1.54, 1.807) is 24.4 Å². The highest BCUT2D eigenvalue weighted by Crippen LogP contribution is 2.12. The molecule has 1 fully saturated rings. The number of fused-ring (bicyclic) bond motifs is 2. The summed E-state index contributed by atoms with van der Waals surface area (Å²) >= 11 is 0. The van der Waals surface area contributed by atoms with E-state index in [-0.39, 0.29) is 46.9 Å². The number of carbonyl (C=O) groups excluding carboxylic acids is 1. The zero-order chi connectivity index (χ0) is 19.7. The Morgan fingerprint density at radius 1 is 1.43 bits per heavy atom. The molecule has 3 N–H and O–H groups in total. The number of aliphatic hydroxyl groups excluding tert-OH is 1. The molecule has 1 amide bonds. The van der Waals surface area contributed by atoms with Crippen molar-refractivity contribution in [3.05, 3.63) is 51.9 Å². The summed E-state index contributed by atoms with van der Waals surface area (Å²) in [6.45, 7) is 0.845. The standard InChI is InChI=1S/C19H21N5O4/c20-16-13(18(26)21-11-12-4-3-9-28-12)10-14-17(24(16)7-8-25)22-15-5-1-2-6-23(15)19(14)27/h1-2,5-6,10,12,20,25H,3-4,7-9,11H2,(H,21,26)/t12-/m1/s1. The van der Waals surface area contributed by atoms with Crippen LogP contribution in [0.1, 0.15) is 23.2 Å². The fourth-order valence-electron chi connectivity index (χ4n) is 3.48. The van der Waals surface area contributed by atoms with Crippen LogP contribution in [0, 0.1) is 5.41 Å². The second kappa shape index (κ2) is 7.53. The molecule has 0 saturated carbocycles. The van der Waals surface area contributed by atoms with E-state index in [1.165, 1.54) is 15.0 Å². The van der Waals surface area contributed by atoms with Gasteiger partial charge in [-0.1, -0.05) is 6.07 Å². The van der Waals surface area contributed by atoms with Crippen LogP contribution in [0.5, 0.6) is 0 Å². The molecule has 0 spiro atoms. The number of pyridine rings is 2. The van der Waals surface area contributed by atoms with E-state index in [4.69, 9.17) is 10.1 Å². The fourth-order valence-corrected chi connectivity index (χ4v) is 3.48. The van der Waals surface area contributed by atoms with Crippen molar-refractivity contribution >= 4 is 22.6 Å². The molecule has 1 aliphatic rings. The van der Waals surface area contributed by atoms with Crippen molar-refractivity contribution in [2.24, 2.45) is 0 Å². The molecule has 1 atom stereocenters. The molecular formula is C19H21N5O4. The van der Waals surface area contributed by atoms with Crippen molar-refractivity contribution in [1.29, 1.82) is 5.41 Å². The summed E-state index contributed by atoms with van der Waals surface area (Å²) in [4.78, 5) is 30.1. The fraction of sp³-hybridized carbons (Fsp3) is 0.368. The molecule has 0 aromatic carbocycles. The number of hydrogen-bond donors (Lipinski definition) is 3. The van der Waals surface area contributed by atoms with Crippen LogP contribution in [-0.4, -0.2) is 50.8 Å². The van der Waals surface area contributed by atoms with Crippen LogP contribution in [0.15, 0.2) is 35.3 Å². The van der Waals surface area contributed by atoms with Crippen molar-refractivity contribution in [2.75, 3.05) is 19.8 Å². The predicted molar refractivity (Wildman–Crippen MR) is 101 cm³/mol. The Bertz CT molecular complexity index is 1160. The van der Waals surface area contributed by atoms with Crippen molar-refractivity contribution in [2.45, 2.75) is 25.5 Å². The molecule has 3 aromatic rings. The van der Waals surface area contributed by atoms with E-state index in [2.05, 4.69) is 10.3 Å². The number of ether oxygens (including phenoxy) is 1. The first-order valence-electron chi connectivity index (χ1n) is 9.20. The van der Waals surface area contributed by atoms with Gasteiger partial charge >= 0.3 is 0 Å². The third-order valence-corrected chi connectivity index (χ3v) is 4.90. The average molecular weight is 383 g/mol. The topological polar surface area (TPSA) is 122 Å². The minimum Gasteiger partial charge on any atom is -0.395 e. The lowest BCUT2D eigenvalue weighted by Gasteiger charge is -2.15. The molecule has 0 aliphatic carbocycles. The van der Waals surface area contributed by atoms with Gasteiger partial charge in [0, 0.05) is 25.9 Å². The highest BCUT2D eigenvalue weighted by Gasteiger charge is 2.20. The maximum atomic E-state index is 12.9. The van der Waals surface area contributed by atoms with Gasteiger partial charge in [-0.15, -0.1) is 0 Å². The Balaban J connectivity index is 1.84. The zero-order valence-electron chi connectivity index (χ0n) is 15.2. The van der Waals surface area contributed by atoms with Crippen LogP contribution in [-0.2, 0) is 11.3 Å². The normalized spacial score (nSPS) is 16.7. The number of aromatic nitrogens is 3. The van der Waals surface area contributed by atoms with Crippen LogP contribution < -0.4 is 16.4 Å². The van der Waals surface area contributed by atoms with Crippen molar-refractivity contribution < 1.29 is 14.6 Å². The number of nitrogens with one attached hydrogen (secondary N) is 2. The van der Waals surface area contributed by atoms with E-state index < -0.39 is 5.91 Å². The smallest absolute Gasteiger partial charge is 0.267 e.